The first kappa shape index (κ1) is 49.3. The molecule has 18 atom stereocenters. The fourth-order valence-corrected chi connectivity index (χ4v) is 9.29. The highest BCUT2D eigenvalue weighted by molar-refractivity contribution is 5.73. The van der Waals surface area contributed by atoms with Gasteiger partial charge >= 0.3 is 5.97 Å². The second kappa shape index (κ2) is 20.4. The summed E-state index contributed by atoms with van der Waals surface area (Å²) in [6.07, 6.45) is -9.40. The van der Waals surface area contributed by atoms with E-state index in [1.165, 1.54) is 14.0 Å². The molecule has 3 aliphatic rings. The largest absolute Gasteiger partial charge is 0.459 e. The van der Waals surface area contributed by atoms with Gasteiger partial charge in [0, 0.05) is 51.2 Å². The fraction of sp³-hybridized carbons (Fsp3) is 0.975. The highest BCUT2D eigenvalue weighted by Crippen LogP contribution is 2.40. The van der Waals surface area contributed by atoms with Crippen molar-refractivity contribution in [3.63, 3.8) is 0 Å². The number of methoxy groups -OCH3 is 1. The van der Waals surface area contributed by atoms with Gasteiger partial charge < -0.3 is 69.1 Å². The summed E-state index contributed by atoms with van der Waals surface area (Å²) in [5, 5.41) is 78.2. The van der Waals surface area contributed by atoms with Gasteiger partial charge in [-0.2, -0.15) is 0 Å². The van der Waals surface area contributed by atoms with Gasteiger partial charge in [-0.15, -0.1) is 0 Å². The number of rotatable bonds is 11. The van der Waals surface area contributed by atoms with Crippen LogP contribution >= 0.6 is 0 Å². The van der Waals surface area contributed by atoms with Crippen molar-refractivity contribution in [1.29, 1.82) is 0 Å². The van der Waals surface area contributed by atoms with Gasteiger partial charge in [0.1, 0.15) is 30.0 Å². The predicted octanol–water partition coefficient (Wildman–Crippen LogP) is 0.626. The van der Waals surface area contributed by atoms with E-state index >= 15 is 0 Å². The first-order valence-electron chi connectivity index (χ1n) is 20.5. The summed E-state index contributed by atoms with van der Waals surface area (Å²) in [4.78, 5) is 18.0. The number of aliphatic hydroxyl groups is 7. The number of ether oxygens (including phenoxy) is 6. The Morgan fingerprint density at radius 1 is 0.911 bits per heavy atom. The molecule has 0 aromatic rings. The van der Waals surface area contributed by atoms with Gasteiger partial charge in [-0.25, -0.2) is 0 Å². The summed E-state index contributed by atoms with van der Waals surface area (Å²) >= 11 is 0. The molecule has 0 aromatic carbocycles. The van der Waals surface area contributed by atoms with Crippen LogP contribution in [0.15, 0.2) is 0 Å². The molecule has 0 saturated carbocycles. The molecule has 16 nitrogen and oxygen atoms in total. The lowest BCUT2D eigenvalue weighted by molar-refractivity contribution is -0.318. The van der Waals surface area contributed by atoms with Crippen molar-refractivity contribution >= 4 is 5.97 Å². The van der Waals surface area contributed by atoms with Crippen LogP contribution in [0.3, 0.4) is 0 Å². The topological polar surface area (TPSA) is 221 Å². The van der Waals surface area contributed by atoms with E-state index < -0.39 is 108 Å². The van der Waals surface area contributed by atoms with E-state index in [1.807, 2.05) is 25.8 Å². The zero-order valence-electron chi connectivity index (χ0n) is 35.9. The first-order valence-corrected chi connectivity index (χ1v) is 20.5. The molecule has 7 N–H and O–H groups in total. The summed E-state index contributed by atoms with van der Waals surface area (Å²) in [5.74, 6) is -2.82. The van der Waals surface area contributed by atoms with E-state index in [4.69, 9.17) is 28.4 Å². The Morgan fingerprint density at radius 2 is 1.52 bits per heavy atom. The van der Waals surface area contributed by atoms with Crippen LogP contribution in [0, 0.1) is 17.8 Å². The molecule has 0 amide bonds. The van der Waals surface area contributed by atoms with Crippen LogP contribution in [0.2, 0.25) is 0 Å². The minimum atomic E-state index is -1.83. The molecule has 330 valence electrons. The molecule has 3 aliphatic heterocycles. The third-order valence-electron chi connectivity index (χ3n) is 12.8. The smallest absolute Gasteiger partial charge is 0.311 e. The predicted molar refractivity (Wildman–Crippen MR) is 206 cm³/mol. The molecule has 16 heteroatoms. The maximum Gasteiger partial charge on any atom is 0.311 e. The Balaban J connectivity index is 2.19. The number of hydrogen-bond acceptors (Lipinski definition) is 16. The monoisotopic (exact) mass is 809 g/mol. The van der Waals surface area contributed by atoms with Crippen molar-refractivity contribution in [2.45, 2.75) is 185 Å². The van der Waals surface area contributed by atoms with Gasteiger partial charge in [-0.05, 0) is 80.7 Å². The first-order chi connectivity index (χ1) is 26.0. The molecule has 0 aliphatic carbocycles. The summed E-state index contributed by atoms with van der Waals surface area (Å²) in [7, 11) is 3.31. The SMILES string of the molecule is CCC1OC(=O)C(C)C(OC2CC(C)(OC)C(O)C(C)O2)C(C)C(OC2OC(C)CC(N(CCO)CCO)C2O)C(C)(O)CC(C)CN(C)C(C)C(O)C1(C)O. The van der Waals surface area contributed by atoms with E-state index in [-0.39, 0.29) is 51.5 Å². The molecule has 3 fully saturated rings. The zero-order chi connectivity index (χ0) is 42.5. The number of aliphatic hydroxyl groups excluding tert-OH is 5. The standard InChI is InChI=1S/C40H76N2O14/c1-13-29-40(10,50)33(46)26(6)41(11)21-22(2)19-38(8,49)35(56-37-31(45)28(18-23(3)52-37)42(14-16-43)15-17-44)24(4)32(25(5)36(48)54-29)55-30-20-39(9,51-12)34(47)27(7)53-30/h22-35,37,43-47,49-50H,13-21H2,1-12H3. The van der Waals surface area contributed by atoms with Crippen LogP contribution in [-0.4, -0.2) is 189 Å². The maximum absolute atomic E-state index is 14.3. The minimum Gasteiger partial charge on any atom is -0.459 e. The quantitative estimate of drug-likeness (QED) is 0.142. The number of nitrogens with zero attached hydrogens (tertiary/aromatic N) is 2. The van der Waals surface area contributed by atoms with Gasteiger partial charge in [-0.3, -0.25) is 9.69 Å². The molecule has 3 saturated heterocycles. The van der Waals surface area contributed by atoms with Crippen LogP contribution in [0.5, 0.6) is 0 Å². The summed E-state index contributed by atoms with van der Waals surface area (Å²) in [5.41, 5.74) is -4.53. The van der Waals surface area contributed by atoms with Crippen LogP contribution in [0.25, 0.3) is 0 Å². The number of esters is 1. The van der Waals surface area contributed by atoms with Crippen LogP contribution in [-0.2, 0) is 33.2 Å². The lowest BCUT2D eigenvalue weighted by atomic mass is 9.77. The van der Waals surface area contributed by atoms with E-state index in [0.29, 0.717) is 13.0 Å². The van der Waals surface area contributed by atoms with E-state index in [0.717, 1.165) is 0 Å². The van der Waals surface area contributed by atoms with Gasteiger partial charge in [0.2, 0.25) is 0 Å². The number of hydrogen-bond donors (Lipinski definition) is 7. The molecule has 3 heterocycles. The van der Waals surface area contributed by atoms with Crippen molar-refractivity contribution < 1.29 is 69.0 Å². The second-order valence-corrected chi connectivity index (χ2v) is 17.7. The van der Waals surface area contributed by atoms with Crippen molar-refractivity contribution in [2.24, 2.45) is 17.8 Å². The van der Waals surface area contributed by atoms with E-state index in [1.54, 1.807) is 53.4 Å². The number of cyclic esters (lactones) is 1. The molecular formula is C40H76N2O14. The molecular weight excluding hydrogens is 732 g/mol. The highest BCUT2D eigenvalue weighted by Gasteiger charge is 2.53. The zero-order valence-corrected chi connectivity index (χ0v) is 35.9. The molecule has 0 spiro atoms. The van der Waals surface area contributed by atoms with Crippen LogP contribution in [0.4, 0.5) is 0 Å². The van der Waals surface area contributed by atoms with E-state index in [2.05, 4.69) is 0 Å². The molecule has 0 bridgehead atoms. The lowest BCUT2D eigenvalue weighted by Crippen LogP contribution is -2.61. The Kier molecular flexibility index (Phi) is 18.0. The highest BCUT2D eigenvalue weighted by atomic mass is 16.7. The maximum atomic E-state index is 14.3. The molecule has 3 rings (SSSR count). The molecule has 0 aromatic heterocycles. The van der Waals surface area contributed by atoms with Crippen molar-refractivity contribution in [1.82, 2.24) is 9.80 Å². The van der Waals surface area contributed by atoms with Crippen LogP contribution in [0.1, 0.15) is 94.9 Å². The van der Waals surface area contributed by atoms with Crippen molar-refractivity contribution in [3.8, 4) is 0 Å². The summed E-state index contributed by atoms with van der Waals surface area (Å²) in [6, 6.07) is -1.13. The Labute approximate surface area is 334 Å². The molecule has 0 radical (unpaired) electrons. The lowest BCUT2D eigenvalue weighted by Gasteiger charge is -2.49. The Hall–Kier alpha value is -1.09. The molecule has 56 heavy (non-hydrogen) atoms. The van der Waals surface area contributed by atoms with Crippen molar-refractivity contribution in [2.75, 3.05) is 47.0 Å². The second-order valence-electron chi connectivity index (χ2n) is 17.7. The Morgan fingerprint density at radius 3 is 2.07 bits per heavy atom. The normalized spacial score (nSPS) is 46.9. The summed E-state index contributed by atoms with van der Waals surface area (Å²) < 4.78 is 37.6. The van der Waals surface area contributed by atoms with Gasteiger partial charge in [0.05, 0.1) is 54.7 Å². The third kappa shape index (κ3) is 11.4. The number of carbonyl (C=O) groups excluding carboxylic acids is 1. The van der Waals surface area contributed by atoms with Gasteiger partial charge in [0.15, 0.2) is 12.6 Å². The average molecular weight is 809 g/mol. The van der Waals surface area contributed by atoms with Gasteiger partial charge in [-0.1, -0.05) is 20.8 Å². The fourth-order valence-electron chi connectivity index (χ4n) is 9.29. The van der Waals surface area contributed by atoms with Crippen LogP contribution < -0.4 is 0 Å². The van der Waals surface area contributed by atoms with E-state index in [9.17, 15) is 40.5 Å². The minimum absolute atomic E-state index is 0.0941. The van der Waals surface area contributed by atoms with Crippen molar-refractivity contribution in [3.05, 3.63) is 0 Å². The molecule has 18 unspecified atom stereocenters. The average Bonchev–Trinajstić information content (AvgIpc) is 3.12. The van der Waals surface area contributed by atoms with Gasteiger partial charge in [0.25, 0.3) is 0 Å². The summed E-state index contributed by atoms with van der Waals surface area (Å²) in [6.45, 7) is 17.7. The Bertz CT molecular complexity index is 1210. The number of carbonyl (C=O) groups is 1. The number of likely N-dealkylation sites (N-methyl/N-ethyl adjacent to an activating group) is 1. The third-order valence-corrected chi connectivity index (χ3v) is 12.8.